The number of halogens is 3. The van der Waals surface area contributed by atoms with Crippen LogP contribution in [0.25, 0.3) is 0 Å². The number of benzene rings is 1. The summed E-state index contributed by atoms with van der Waals surface area (Å²) in [6, 6.07) is 6.78. The third-order valence-electron chi connectivity index (χ3n) is 4.02. The molecule has 1 aliphatic heterocycles. The van der Waals surface area contributed by atoms with Crippen LogP contribution in [0.15, 0.2) is 34.9 Å². The Labute approximate surface area is 131 Å². The fourth-order valence-corrected chi connectivity index (χ4v) is 3.01. The number of hydrogen-bond acceptors (Lipinski definition) is 4. The van der Waals surface area contributed by atoms with E-state index in [1.54, 1.807) is 19.1 Å². The molecule has 124 valence electrons. The largest absolute Gasteiger partial charge is 0.416 e. The van der Waals surface area contributed by atoms with E-state index in [-0.39, 0.29) is 6.04 Å². The van der Waals surface area contributed by atoms with Crippen LogP contribution in [0.2, 0.25) is 0 Å². The molecule has 0 bridgehead atoms. The zero-order valence-electron chi connectivity index (χ0n) is 12.5. The Morgan fingerprint density at radius 2 is 2.13 bits per heavy atom. The summed E-state index contributed by atoms with van der Waals surface area (Å²) in [5.74, 6) is 0.633. The number of hydrogen-bond donors (Lipinski definition) is 1. The maximum atomic E-state index is 12.9. The van der Waals surface area contributed by atoms with E-state index in [2.05, 4.69) is 5.16 Å². The number of nitrogens with zero attached hydrogens (tertiary/aromatic N) is 2. The van der Waals surface area contributed by atoms with Gasteiger partial charge in [0.05, 0.1) is 23.9 Å². The van der Waals surface area contributed by atoms with Gasteiger partial charge in [-0.2, -0.15) is 13.2 Å². The molecule has 3 rings (SSSR count). The lowest BCUT2D eigenvalue weighted by atomic mass is 10.0. The number of alkyl halides is 3. The second-order valence-electron chi connectivity index (χ2n) is 5.89. The van der Waals surface area contributed by atoms with Crippen LogP contribution in [-0.2, 0) is 12.7 Å². The lowest BCUT2D eigenvalue weighted by Crippen LogP contribution is -2.24. The number of likely N-dealkylation sites (tertiary alicyclic amines) is 1. The van der Waals surface area contributed by atoms with Gasteiger partial charge in [-0.05, 0) is 31.0 Å². The molecule has 1 aromatic heterocycles. The van der Waals surface area contributed by atoms with Crippen molar-refractivity contribution in [1.82, 2.24) is 10.1 Å². The molecular weight excluding hydrogens is 309 g/mol. The predicted molar refractivity (Wildman–Crippen MR) is 76.5 cm³/mol. The van der Waals surface area contributed by atoms with Gasteiger partial charge in [0.2, 0.25) is 0 Å². The Morgan fingerprint density at radius 1 is 1.35 bits per heavy atom. The van der Waals surface area contributed by atoms with Crippen LogP contribution in [0.5, 0.6) is 0 Å². The maximum Gasteiger partial charge on any atom is 0.416 e. The van der Waals surface area contributed by atoms with Crippen molar-refractivity contribution in [2.24, 2.45) is 0 Å². The molecule has 1 fully saturated rings. The minimum Gasteiger partial charge on any atom is -0.392 e. The van der Waals surface area contributed by atoms with Gasteiger partial charge in [-0.1, -0.05) is 17.3 Å². The third kappa shape index (κ3) is 3.56. The van der Waals surface area contributed by atoms with Crippen LogP contribution in [0.1, 0.15) is 35.0 Å². The highest BCUT2D eigenvalue weighted by atomic mass is 19.4. The minimum absolute atomic E-state index is 0.280. The first-order valence-corrected chi connectivity index (χ1v) is 7.34. The van der Waals surface area contributed by atoms with Crippen molar-refractivity contribution in [3.8, 4) is 0 Å². The highest BCUT2D eigenvalue weighted by Gasteiger charge is 2.35. The summed E-state index contributed by atoms with van der Waals surface area (Å²) in [5, 5.41) is 13.7. The molecule has 0 spiro atoms. The van der Waals surface area contributed by atoms with Crippen LogP contribution >= 0.6 is 0 Å². The Morgan fingerprint density at radius 3 is 2.78 bits per heavy atom. The Kier molecular flexibility index (Phi) is 4.16. The molecule has 4 nitrogen and oxygen atoms in total. The molecule has 2 atom stereocenters. The van der Waals surface area contributed by atoms with E-state index >= 15 is 0 Å². The second kappa shape index (κ2) is 5.98. The SMILES string of the molecule is Cc1cc(CN2C[C@@H](O)C[C@H]2c2cccc(C(F)(F)F)c2)on1. The minimum atomic E-state index is -4.37. The standard InChI is InChI=1S/C16H17F3N2O2/c1-10-5-14(23-20-10)9-21-8-13(22)7-15(21)11-3-2-4-12(6-11)16(17,18)19/h2-6,13,15,22H,7-9H2,1H3/t13-,15-/m0/s1. The van der Waals surface area contributed by atoms with Crippen LogP contribution in [0.3, 0.4) is 0 Å². The van der Waals surface area contributed by atoms with Gasteiger partial charge in [-0.25, -0.2) is 0 Å². The average Bonchev–Trinajstić information content (AvgIpc) is 3.04. The van der Waals surface area contributed by atoms with Crippen LogP contribution < -0.4 is 0 Å². The lowest BCUT2D eigenvalue weighted by molar-refractivity contribution is -0.137. The van der Waals surface area contributed by atoms with Crippen molar-refractivity contribution >= 4 is 0 Å². The van der Waals surface area contributed by atoms with Crippen molar-refractivity contribution in [3.63, 3.8) is 0 Å². The van der Waals surface area contributed by atoms with Crippen molar-refractivity contribution in [3.05, 3.63) is 52.9 Å². The Bertz CT molecular complexity index is 684. The van der Waals surface area contributed by atoms with Crippen LogP contribution in [-0.4, -0.2) is 27.8 Å². The zero-order chi connectivity index (χ0) is 16.6. The predicted octanol–water partition coefficient (Wildman–Crippen LogP) is 3.31. The third-order valence-corrected chi connectivity index (χ3v) is 4.02. The zero-order valence-corrected chi connectivity index (χ0v) is 12.5. The normalized spacial score (nSPS) is 22.7. The number of aliphatic hydroxyl groups excluding tert-OH is 1. The van der Waals surface area contributed by atoms with Crippen molar-refractivity contribution < 1.29 is 22.8 Å². The summed E-state index contributed by atoms with van der Waals surface area (Å²) < 4.78 is 43.8. The molecule has 23 heavy (non-hydrogen) atoms. The fraction of sp³-hybridized carbons (Fsp3) is 0.438. The molecule has 1 saturated heterocycles. The second-order valence-corrected chi connectivity index (χ2v) is 5.89. The molecular formula is C16H17F3N2O2. The molecule has 7 heteroatoms. The Hall–Kier alpha value is -1.86. The molecule has 1 N–H and O–H groups in total. The molecule has 0 amide bonds. The first-order chi connectivity index (χ1) is 10.8. The van der Waals surface area contributed by atoms with Gasteiger partial charge in [-0.3, -0.25) is 4.90 Å². The van der Waals surface area contributed by atoms with Gasteiger partial charge in [0.15, 0.2) is 5.76 Å². The fourth-order valence-electron chi connectivity index (χ4n) is 3.01. The number of rotatable bonds is 3. The summed E-state index contributed by atoms with van der Waals surface area (Å²) in [7, 11) is 0. The summed E-state index contributed by atoms with van der Waals surface area (Å²) in [6.45, 7) is 2.59. The first kappa shape index (κ1) is 16.0. The molecule has 1 aromatic carbocycles. The smallest absolute Gasteiger partial charge is 0.392 e. The summed E-state index contributed by atoms with van der Waals surface area (Å²) >= 11 is 0. The van der Waals surface area contributed by atoms with Crippen LogP contribution in [0, 0.1) is 6.92 Å². The van der Waals surface area contributed by atoms with Crippen molar-refractivity contribution in [1.29, 1.82) is 0 Å². The van der Waals surface area contributed by atoms with Gasteiger partial charge < -0.3 is 9.63 Å². The van der Waals surface area contributed by atoms with E-state index in [0.717, 1.165) is 17.8 Å². The van der Waals surface area contributed by atoms with E-state index < -0.39 is 17.8 Å². The number of β-amino-alcohol motifs (C(OH)–C–C–N with tert-alkyl or cyclic N) is 1. The summed E-state index contributed by atoms with van der Waals surface area (Å²) in [4.78, 5) is 1.92. The topological polar surface area (TPSA) is 49.5 Å². The number of aryl methyl sites for hydroxylation is 1. The summed E-state index contributed by atoms with van der Waals surface area (Å²) in [6.07, 6.45) is -4.55. The van der Waals surface area contributed by atoms with Gasteiger partial charge in [0.25, 0.3) is 0 Å². The van der Waals surface area contributed by atoms with E-state index in [9.17, 15) is 18.3 Å². The van der Waals surface area contributed by atoms with E-state index in [4.69, 9.17) is 4.52 Å². The Balaban J connectivity index is 1.84. The first-order valence-electron chi connectivity index (χ1n) is 7.34. The average molecular weight is 326 g/mol. The summed E-state index contributed by atoms with van der Waals surface area (Å²) in [5.41, 5.74) is 0.620. The van der Waals surface area contributed by atoms with E-state index in [1.165, 1.54) is 6.07 Å². The van der Waals surface area contributed by atoms with Crippen LogP contribution in [0.4, 0.5) is 13.2 Å². The molecule has 2 heterocycles. The molecule has 0 radical (unpaired) electrons. The highest BCUT2D eigenvalue weighted by molar-refractivity contribution is 5.29. The molecule has 0 unspecified atom stereocenters. The molecule has 1 aliphatic rings. The van der Waals surface area contributed by atoms with Gasteiger partial charge in [-0.15, -0.1) is 0 Å². The maximum absolute atomic E-state index is 12.9. The van der Waals surface area contributed by atoms with E-state index in [1.807, 2.05) is 4.90 Å². The lowest BCUT2D eigenvalue weighted by Gasteiger charge is -2.23. The molecule has 2 aromatic rings. The van der Waals surface area contributed by atoms with E-state index in [0.29, 0.717) is 30.8 Å². The van der Waals surface area contributed by atoms with Gasteiger partial charge in [0.1, 0.15) is 0 Å². The van der Waals surface area contributed by atoms with Gasteiger partial charge in [0, 0.05) is 18.7 Å². The number of aromatic nitrogens is 1. The highest BCUT2D eigenvalue weighted by Crippen LogP contribution is 2.36. The monoisotopic (exact) mass is 326 g/mol. The molecule has 0 saturated carbocycles. The number of aliphatic hydroxyl groups is 1. The van der Waals surface area contributed by atoms with Gasteiger partial charge >= 0.3 is 6.18 Å². The van der Waals surface area contributed by atoms with Crippen molar-refractivity contribution in [2.45, 2.75) is 38.2 Å². The molecule has 0 aliphatic carbocycles. The quantitative estimate of drug-likeness (QED) is 0.940. The van der Waals surface area contributed by atoms with Crippen molar-refractivity contribution in [2.75, 3.05) is 6.54 Å².